The zero-order chi connectivity index (χ0) is 22.1. The molecule has 32 heavy (non-hydrogen) atoms. The number of nitrogen functional groups attached to an aromatic ring is 1. The monoisotopic (exact) mass is 431 g/mol. The largest absolute Gasteiger partial charge is 0.493 e. The lowest BCUT2D eigenvalue weighted by Gasteiger charge is -2.23. The minimum absolute atomic E-state index is 0.146. The van der Waals surface area contributed by atoms with Crippen LogP contribution in [0.25, 0.3) is 32.9 Å². The Morgan fingerprint density at radius 3 is 2.59 bits per heavy atom. The van der Waals surface area contributed by atoms with E-state index < -0.39 is 0 Å². The molecule has 1 aromatic carbocycles. The third-order valence-electron chi connectivity index (χ3n) is 5.78. The molecule has 164 valence electrons. The maximum atomic E-state index is 6.33. The van der Waals surface area contributed by atoms with Crippen molar-refractivity contribution < 1.29 is 14.2 Å². The summed E-state index contributed by atoms with van der Waals surface area (Å²) in [5.41, 5.74) is 8.67. The van der Waals surface area contributed by atoms with Gasteiger partial charge in [-0.15, -0.1) is 0 Å². The summed E-state index contributed by atoms with van der Waals surface area (Å²) in [5, 5.41) is 5.98. The van der Waals surface area contributed by atoms with Crippen molar-refractivity contribution in [1.82, 2.24) is 20.3 Å². The predicted octanol–water partition coefficient (Wildman–Crippen LogP) is 3.58. The van der Waals surface area contributed by atoms with Crippen LogP contribution in [0.3, 0.4) is 0 Å². The first-order valence-corrected chi connectivity index (χ1v) is 10.6. The van der Waals surface area contributed by atoms with Gasteiger partial charge in [-0.1, -0.05) is 0 Å². The number of pyridine rings is 3. The van der Waals surface area contributed by atoms with E-state index in [0.717, 1.165) is 64.6 Å². The maximum Gasteiger partial charge on any atom is 0.162 e. The molecule has 1 aliphatic heterocycles. The highest BCUT2D eigenvalue weighted by molar-refractivity contribution is 6.10. The Bertz CT molecular complexity index is 1290. The first kappa shape index (κ1) is 20.3. The second-order valence-corrected chi connectivity index (χ2v) is 7.83. The van der Waals surface area contributed by atoms with Crippen LogP contribution in [0.4, 0.5) is 5.82 Å². The fraction of sp³-hybridized carbons (Fsp3) is 0.292. The number of nitrogens with one attached hydrogen (secondary N) is 1. The highest BCUT2D eigenvalue weighted by atomic mass is 16.5. The van der Waals surface area contributed by atoms with E-state index in [1.807, 2.05) is 24.3 Å². The Labute approximate surface area is 185 Å². The number of fused-ring (bicyclic) bond motifs is 3. The van der Waals surface area contributed by atoms with E-state index in [-0.39, 0.29) is 6.10 Å². The van der Waals surface area contributed by atoms with E-state index in [4.69, 9.17) is 19.9 Å². The lowest BCUT2D eigenvalue weighted by molar-refractivity contribution is 0.166. The molecule has 3 aromatic heterocycles. The van der Waals surface area contributed by atoms with Gasteiger partial charge in [-0.3, -0.25) is 9.97 Å². The fourth-order valence-corrected chi connectivity index (χ4v) is 4.14. The first-order chi connectivity index (χ1) is 15.7. The molecule has 1 fully saturated rings. The molecule has 0 aliphatic carbocycles. The molecule has 3 N–H and O–H groups in total. The lowest BCUT2D eigenvalue weighted by Crippen LogP contribution is -2.37. The summed E-state index contributed by atoms with van der Waals surface area (Å²) in [6, 6.07) is 7.74. The van der Waals surface area contributed by atoms with Crippen LogP contribution < -0.4 is 25.3 Å². The Morgan fingerprint density at radius 2 is 1.81 bits per heavy atom. The van der Waals surface area contributed by atoms with Gasteiger partial charge in [0.1, 0.15) is 17.7 Å². The Morgan fingerprint density at radius 1 is 0.969 bits per heavy atom. The van der Waals surface area contributed by atoms with Gasteiger partial charge in [0.05, 0.1) is 31.6 Å². The molecule has 0 unspecified atom stereocenters. The number of hydrogen-bond donors (Lipinski definition) is 2. The maximum absolute atomic E-state index is 6.33. The zero-order valence-electron chi connectivity index (χ0n) is 18.1. The van der Waals surface area contributed by atoms with Gasteiger partial charge in [-0.25, -0.2) is 4.98 Å². The van der Waals surface area contributed by atoms with Crippen LogP contribution in [0, 0.1) is 0 Å². The van der Waals surface area contributed by atoms with Crippen LogP contribution in [0.1, 0.15) is 12.8 Å². The standard InChI is InChI=1S/C24H25N5O3/c1-30-22-8-18-17-7-20(29-24(25)19(17)13-28-21(18)9-23(22)31-2)14-6-16(12-27-10-14)32-15-4-3-5-26-11-15/h6-10,12-13,15,26H,3-5,11H2,1-2H3,(H2,25,29)/t15-/m1/s1. The Kier molecular flexibility index (Phi) is 5.36. The van der Waals surface area contributed by atoms with E-state index in [1.54, 1.807) is 32.8 Å². The SMILES string of the molecule is COc1cc2ncc3c(N)nc(-c4cncc(O[C@@H]5CCCNC5)c4)cc3c2cc1OC. The molecule has 4 aromatic rings. The summed E-state index contributed by atoms with van der Waals surface area (Å²) < 4.78 is 17.1. The second-order valence-electron chi connectivity index (χ2n) is 7.83. The Hall–Kier alpha value is -3.65. The molecular formula is C24H25N5O3. The average Bonchev–Trinajstić information content (AvgIpc) is 2.83. The summed E-state index contributed by atoms with van der Waals surface area (Å²) in [6.07, 6.45) is 7.53. The third-order valence-corrected chi connectivity index (χ3v) is 5.78. The molecule has 0 radical (unpaired) electrons. The van der Waals surface area contributed by atoms with Crippen molar-refractivity contribution in [2.45, 2.75) is 18.9 Å². The number of rotatable bonds is 5. The molecule has 0 spiro atoms. The average molecular weight is 431 g/mol. The molecule has 1 atom stereocenters. The van der Waals surface area contributed by atoms with Crippen molar-refractivity contribution in [1.29, 1.82) is 0 Å². The van der Waals surface area contributed by atoms with Crippen molar-refractivity contribution >= 4 is 27.5 Å². The van der Waals surface area contributed by atoms with Crippen molar-refractivity contribution in [3.63, 3.8) is 0 Å². The lowest BCUT2D eigenvalue weighted by atomic mass is 10.0. The molecule has 0 amide bonds. The molecule has 8 nitrogen and oxygen atoms in total. The summed E-state index contributed by atoms with van der Waals surface area (Å²) >= 11 is 0. The van der Waals surface area contributed by atoms with Crippen molar-refractivity contribution in [2.24, 2.45) is 0 Å². The van der Waals surface area contributed by atoms with E-state index in [9.17, 15) is 0 Å². The molecule has 0 saturated carbocycles. The molecular weight excluding hydrogens is 406 g/mol. The first-order valence-electron chi connectivity index (χ1n) is 10.6. The Balaban J connectivity index is 1.60. The highest BCUT2D eigenvalue weighted by Crippen LogP contribution is 2.37. The van der Waals surface area contributed by atoms with Gasteiger partial charge in [0.25, 0.3) is 0 Å². The van der Waals surface area contributed by atoms with Crippen molar-refractivity contribution in [3.8, 4) is 28.5 Å². The number of anilines is 1. The molecule has 4 heterocycles. The predicted molar refractivity (Wildman–Crippen MR) is 124 cm³/mol. The quantitative estimate of drug-likeness (QED) is 0.462. The van der Waals surface area contributed by atoms with Gasteiger partial charge >= 0.3 is 0 Å². The smallest absolute Gasteiger partial charge is 0.162 e. The normalized spacial score (nSPS) is 16.2. The fourth-order valence-electron chi connectivity index (χ4n) is 4.14. The number of methoxy groups -OCH3 is 2. The number of aromatic nitrogens is 3. The molecule has 0 bridgehead atoms. The van der Waals surface area contributed by atoms with E-state index in [0.29, 0.717) is 17.3 Å². The van der Waals surface area contributed by atoms with Gasteiger partial charge in [-0.05, 0) is 43.0 Å². The topological polar surface area (TPSA) is 104 Å². The number of piperidine rings is 1. The van der Waals surface area contributed by atoms with E-state index in [1.165, 1.54) is 0 Å². The third kappa shape index (κ3) is 3.73. The van der Waals surface area contributed by atoms with E-state index >= 15 is 0 Å². The molecule has 1 aliphatic rings. The number of ether oxygens (including phenoxy) is 3. The zero-order valence-corrected chi connectivity index (χ0v) is 18.1. The van der Waals surface area contributed by atoms with Gasteiger partial charge in [-0.2, -0.15) is 0 Å². The van der Waals surface area contributed by atoms with Crippen molar-refractivity contribution in [3.05, 3.63) is 42.9 Å². The summed E-state index contributed by atoms with van der Waals surface area (Å²) in [4.78, 5) is 13.5. The number of nitrogens with two attached hydrogens (primary N) is 1. The van der Waals surface area contributed by atoms with Crippen molar-refractivity contribution in [2.75, 3.05) is 33.0 Å². The molecule has 8 heteroatoms. The number of hydrogen-bond acceptors (Lipinski definition) is 8. The molecule has 1 saturated heterocycles. The van der Waals surface area contributed by atoms with Crippen LogP contribution in [-0.4, -0.2) is 48.4 Å². The van der Waals surface area contributed by atoms with Crippen LogP contribution >= 0.6 is 0 Å². The molecule has 5 rings (SSSR count). The van der Waals surface area contributed by atoms with E-state index in [2.05, 4.69) is 20.3 Å². The summed E-state index contributed by atoms with van der Waals surface area (Å²) in [5.74, 6) is 2.39. The van der Waals surface area contributed by atoms with Crippen LogP contribution in [-0.2, 0) is 0 Å². The van der Waals surface area contributed by atoms with Gasteiger partial charge in [0.2, 0.25) is 0 Å². The van der Waals surface area contributed by atoms with Crippen LogP contribution in [0.2, 0.25) is 0 Å². The second kappa shape index (κ2) is 8.47. The highest BCUT2D eigenvalue weighted by Gasteiger charge is 2.16. The summed E-state index contributed by atoms with van der Waals surface area (Å²) in [6.45, 7) is 1.88. The van der Waals surface area contributed by atoms with Crippen LogP contribution in [0.15, 0.2) is 42.9 Å². The van der Waals surface area contributed by atoms with Gasteiger partial charge in [0.15, 0.2) is 11.5 Å². The van der Waals surface area contributed by atoms with Crippen LogP contribution in [0.5, 0.6) is 17.2 Å². The van der Waals surface area contributed by atoms with Gasteiger partial charge < -0.3 is 25.3 Å². The minimum Gasteiger partial charge on any atom is -0.493 e. The van der Waals surface area contributed by atoms with Gasteiger partial charge in [0, 0.05) is 41.3 Å². The summed E-state index contributed by atoms with van der Waals surface area (Å²) in [7, 11) is 3.22. The number of nitrogens with zero attached hydrogens (tertiary/aromatic N) is 3. The minimum atomic E-state index is 0.146. The number of benzene rings is 1.